The first-order valence-corrected chi connectivity index (χ1v) is 10.1. The molecular weight excluding hydrogens is 494 g/mol. The summed E-state index contributed by atoms with van der Waals surface area (Å²) in [6, 6.07) is 9.75. The Hall–Kier alpha value is -1.59. The van der Waals surface area contributed by atoms with Gasteiger partial charge < -0.3 is 14.0 Å². The van der Waals surface area contributed by atoms with E-state index in [1.807, 2.05) is 13.0 Å². The molecule has 1 N–H and O–H groups in total. The second-order valence-electron chi connectivity index (χ2n) is 5.92. The second-order valence-corrected chi connectivity index (χ2v) is 8.42. The molecule has 2 atom stereocenters. The molecule has 3 rings (SSSR count). The summed E-state index contributed by atoms with van der Waals surface area (Å²) < 4.78 is 67.8. The van der Waals surface area contributed by atoms with Gasteiger partial charge in [-0.25, -0.2) is 0 Å². The molecule has 1 aliphatic rings. The summed E-state index contributed by atoms with van der Waals surface area (Å²) in [4.78, 5) is 0. The van der Waals surface area contributed by atoms with Gasteiger partial charge in [-0.15, -0.1) is 0 Å². The van der Waals surface area contributed by atoms with Gasteiger partial charge in [0, 0.05) is 28.6 Å². The number of ether oxygens (including phenoxy) is 1. The van der Waals surface area contributed by atoms with E-state index in [4.69, 9.17) is 4.74 Å². The van der Waals surface area contributed by atoms with Crippen LogP contribution in [0.3, 0.4) is 0 Å². The maximum atomic E-state index is 12.8. The van der Waals surface area contributed by atoms with Gasteiger partial charge in [0.1, 0.15) is 5.75 Å². The first kappa shape index (κ1) is 20.2. The molecule has 0 fully saturated rings. The average molecular weight is 508 g/mol. The van der Waals surface area contributed by atoms with Crippen molar-refractivity contribution in [3.05, 3.63) is 65.2 Å². The van der Waals surface area contributed by atoms with Crippen molar-refractivity contribution in [3.8, 4) is 5.75 Å². The van der Waals surface area contributed by atoms with E-state index < -0.39 is 26.6 Å². The van der Waals surface area contributed by atoms with Crippen molar-refractivity contribution in [1.82, 2.24) is 0 Å². The third kappa shape index (κ3) is 4.46. The number of alkyl halides is 4. The highest BCUT2D eigenvalue weighted by Crippen LogP contribution is 2.44. The number of hydrogen-bond acceptors (Lipinski definition) is 3. The molecule has 2 unspecified atom stereocenters. The monoisotopic (exact) mass is 508 g/mol. The maximum Gasteiger partial charge on any atom is 0.416 e. The summed E-state index contributed by atoms with van der Waals surface area (Å²) in [6.07, 6.45) is -1.91. The van der Waals surface area contributed by atoms with Crippen LogP contribution in [0.2, 0.25) is 0 Å². The van der Waals surface area contributed by atoms with Crippen molar-refractivity contribution in [2.75, 3.05) is 4.72 Å². The summed E-state index contributed by atoms with van der Waals surface area (Å²) in [6.45, 7) is 1.92. The van der Waals surface area contributed by atoms with Gasteiger partial charge in [-0.1, -0.05) is 19.1 Å². The molecule has 9 heteroatoms. The van der Waals surface area contributed by atoms with Crippen LogP contribution >= 0.6 is 22.6 Å². The Bertz CT molecular complexity index is 915. The van der Waals surface area contributed by atoms with Gasteiger partial charge in [-0.2, -0.15) is 13.2 Å². The number of anilines is 1. The van der Waals surface area contributed by atoms with Gasteiger partial charge in [0.05, 0.1) is 5.56 Å². The van der Waals surface area contributed by atoms with Crippen LogP contribution in [-0.4, -0.2) is 12.4 Å². The molecule has 0 saturated carbocycles. The minimum absolute atomic E-state index is 0.339. The standard InChI is InChI=1S/C18H15F3INO3S/c1-2-17(22)10-15(11-3-5-12(6-4-11)18(19,20)21)14-8-7-13(23-27(24)25)9-16(14)26-17/h3-10,23H,2H2,1H3,(H,24,25)/p-1. The van der Waals surface area contributed by atoms with E-state index in [1.165, 1.54) is 12.1 Å². The predicted octanol–water partition coefficient (Wildman–Crippen LogP) is 5.28. The summed E-state index contributed by atoms with van der Waals surface area (Å²) in [7, 11) is 0. The lowest BCUT2D eigenvalue weighted by atomic mass is 9.92. The van der Waals surface area contributed by atoms with Crippen molar-refractivity contribution in [3.63, 3.8) is 0 Å². The largest absolute Gasteiger partial charge is 0.755 e. The third-order valence-electron chi connectivity index (χ3n) is 4.12. The number of rotatable bonds is 4. The first-order valence-electron chi connectivity index (χ1n) is 7.90. The van der Waals surface area contributed by atoms with Gasteiger partial charge in [0.2, 0.25) is 0 Å². The molecule has 144 valence electrons. The zero-order valence-electron chi connectivity index (χ0n) is 14.0. The maximum absolute atomic E-state index is 12.8. The quantitative estimate of drug-likeness (QED) is 0.348. The minimum atomic E-state index is -4.40. The Morgan fingerprint density at radius 1 is 1.22 bits per heavy atom. The Kier molecular flexibility index (Phi) is 5.55. The van der Waals surface area contributed by atoms with Gasteiger partial charge in [0.15, 0.2) is 3.61 Å². The molecule has 0 amide bonds. The number of fused-ring (bicyclic) bond motifs is 1. The summed E-state index contributed by atoms with van der Waals surface area (Å²) in [5.41, 5.74) is 1.65. The van der Waals surface area contributed by atoms with E-state index in [0.29, 0.717) is 29.0 Å². The van der Waals surface area contributed by atoms with E-state index in [9.17, 15) is 21.9 Å². The number of nitrogens with one attached hydrogen (secondary N) is 1. The fourth-order valence-corrected chi connectivity index (χ4v) is 3.61. The number of benzene rings is 2. The SMILES string of the molecule is CCC1(I)C=C(c2ccc(C(F)(F)F)cc2)c2ccc(NS(=O)[O-])cc2O1. The van der Waals surface area contributed by atoms with E-state index in [1.54, 1.807) is 18.2 Å². The van der Waals surface area contributed by atoms with E-state index >= 15 is 0 Å². The lowest BCUT2D eigenvalue weighted by Crippen LogP contribution is -2.28. The van der Waals surface area contributed by atoms with E-state index in [0.717, 1.165) is 17.7 Å². The van der Waals surface area contributed by atoms with Crippen LogP contribution in [0, 0.1) is 0 Å². The molecule has 0 aromatic heterocycles. The Labute approximate surface area is 170 Å². The smallest absolute Gasteiger partial charge is 0.416 e. The highest BCUT2D eigenvalue weighted by atomic mass is 127. The normalized spacial score (nSPS) is 20.3. The molecule has 0 radical (unpaired) electrons. The summed E-state index contributed by atoms with van der Waals surface area (Å²) in [5, 5.41) is 0. The third-order valence-corrected chi connectivity index (χ3v) is 5.81. The van der Waals surface area contributed by atoms with Crippen LogP contribution in [0.1, 0.15) is 30.0 Å². The van der Waals surface area contributed by atoms with Crippen molar-refractivity contribution in [2.45, 2.75) is 23.1 Å². The van der Waals surface area contributed by atoms with Crippen LogP contribution in [0.4, 0.5) is 18.9 Å². The average Bonchev–Trinajstić information content (AvgIpc) is 2.59. The highest BCUT2D eigenvalue weighted by molar-refractivity contribution is 14.1. The zero-order valence-corrected chi connectivity index (χ0v) is 16.9. The summed E-state index contributed by atoms with van der Waals surface area (Å²) in [5.74, 6) is 0.457. The molecule has 0 bridgehead atoms. The molecule has 4 nitrogen and oxygen atoms in total. The molecule has 27 heavy (non-hydrogen) atoms. The minimum Gasteiger partial charge on any atom is -0.755 e. The predicted molar refractivity (Wildman–Crippen MR) is 105 cm³/mol. The molecule has 2 aromatic rings. The topological polar surface area (TPSA) is 61.4 Å². The van der Waals surface area contributed by atoms with Crippen LogP contribution in [0.25, 0.3) is 5.57 Å². The van der Waals surface area contributed by atoms with Gasteiger partial charge in [0.25, 0.3) is 0 Å². The van der Waals surface area contributed by atoms with Gasteiger partial charge >= 0.3 is 6.18 Å². The van der Waals surface area contributed by atoms with Crippen molar-refractivity contribution in [1.29, 1.82) is 0 Å². The van der Waals surface area contributed by atoms with Crippen LogP contribution in [0.15, 0.2) is 48.5 Å². The molecular formula is C18H14F3INO3S-. The van der Waals surface area contributed by atoms with Gasteiger partial charge in [-0.3, -0.25) is 4.21 Å². The van der Waals surface area contributed by atoms with Crippen LogP contribution in [-0.2, 0) is 17.4 Å². The number of hydrogen-bond donors (Lipinski definition) is 1. The fraction of sp³-hybridized carbons (Fsp3) is 0.222. The Morgan fingerprint density at radius 3 is 2.44 bits per heavy atom. The van der Waals surface area contributed by atoms with Crippen molar-refractivity contribution < 1.29 is 26.7 Å². The van der Waals surface area contributed by atoms with E-state index in [-0.39, 0.29) is 0 Å². The molecule has 0 saturated heterocycles. The van der Waals surface area contributed by atoms with Crippen LogP contribution in [0.5, 0.6) is 5.75 Å². The molecule has 0 spiro atoms. The van der Waals surface area contributed by atoms with Crippen molar-refractivity contribution in [2.24, 2.45) is 0 Å². The lowest BCUT2D eigenvalue weighted by molar-refractivity contribution is -0.137. The molecule has 2 aromatic carbocycles. The fourth-order valence-electron chi connectivity index (χ4n) is 2.75. The molecule has 1 heterocycles. The lowest BCUT2D eigenvalue weighted by Gasteiger charge is -2.32. The van der Waals surface area contributed by atoms with Crippen LogP contribution < -0.4 is 9.46 Å². The Balaban J connectivity index is 2.07. The first-order chi connectivity index (χ1) is 12.6. The van der Waals surface area contributed by atoms with Gasteiger partial charge in [-0.05, 0) is 70.5 Å². The Morgan fingerprint density at radius 2 is 1.89 bits per heavy atom. The highest BCUT2D eigenvalue weighted by Gasteiger charge is 2.33. The number of halogens is 4. The molecule has 0 aliphatic carbocycles. The van der Waals surface area contributed by atoms with Crippen molar-refractivity contribution >= 4 is 45.1 Å². The summed E-state index contributed by atoms with van der Waals surface area (Å²) >= 11 is -0.344. The van der Waals surface area contributed by atoms with E-state index in [2.05, 4.69) is 27.3 Å². The second kappa shape index (κ2) is 7.44. The molecule has 1 aliphatic heterocycles. The zero-order chi connectivity index (χ0) is 19.8.